The van der Waals surface area contributed by atoms with Crippen molar-refractivity contribution in [2.24, 2.45) is 0 Å². The summed E-state index contributed by atoms with van der Waals surface area (Å²) in [5, 5.41) is 9.01. The average Bonchev–Trinajstić information content (AvgIpc) is 3.31. The number of urea groups is 1. The summed E-state index contributed by atoms with van der Waals surface area (Å²) in [7, 11) is 0. The largest absolute Gasteiger partial charge is 0.433 e. The Hall–Kier alpha value is -4.66. The molecule has 2 amide bonds. The highest BCUT2D eigenvalue weighted by atomic mass is 19.4. The third-order valence-corrected chi connectivity index (χ3v) is 5.13. The van der Waals surface area contributed by atoms with E-state index in [2.05, 4.69) is 38.5 Å². The first-order valence-corrected chi connectivity index (χ1v) is 11.9. The molecule has 0 bridgehead atoms. The van der Waals surface area contributed by atoms with Gasteiger partial charge in [0.15, 0.2) is 11.6 Å². The number of rotatable bonds is 7. The number of aromatic nitrogens is 4. The van der Waals surface area contributed by atoms with Gasteiger partial charge in [0.1, 0.15) is 29.0 Å². The molecule has 0 aliphatic heterocycles. The molecule has 3 aromatic heterocycles. The van der Waals surface area contributed by atoms with Gasteiger partial charge < -0.3 is 11.1 Å². The zero-order chi connectivity index (χ0) is 29.8. The van der Waals surface area contributed by atoms with Gasteiger partial charge in [0.05, 0.1) is 0 Å². The molecule has 0 radical (unpaired) electrons. The number of Topliss-reactive ketones (excluding diaryl/α,β-unsaturated/α-hetero) is 1. The Balaban J connectivity index is 0.00000181. The molecule has 3 rings (SSSR count). The Morgan fingerprint density at radius 2 is 1.90 bits per heavy atom. The lowest BCUT2D eigenvalue weighted by molar-refractivity contribution is -0.141. The van der Waals surface area contributed by atoms with Gasteiger partial charge in [0.25, 0.3) is 0 Å². The number of terminal acetylenes is 1. The van der Waals surface area contributed by atoms with E-state index >= 15 is 0 Å². The molecule has 0 saturated heterocycles. The number of alkyl halides is 3. The van der Waals surface area contributed by atoms with Crippen LogP contribution in [0.1, 0.15) is 68.7 Å². The number of fused-ring (bicyclic) bond motifs is 1. The summed E-state index contributed by atoms with van der Waals surface area (Å²) in [6.45, 7) is 9.07. The van der Waals surface area contributed by atoms with Crippen molar-refractivity contribution in [1.29, 1.82) is 0 Å². The van der Waals surface area contributed by atoms with Crippen molar-refractivity contribution in [3.05, 3.63) is 71.5 Å². The van der Waals surface area contributed by atoms with E-state index in [1.54, 1.807) is 19.1 Å². The van der Waals surface area contributed by atoms with Gasteiger partial charge in [-0.25, -0.2) is 19.3 Å². The number of nitrogens with one attached hydrogen (secondary N) is 2. The van der Waals surface area contributed by atoms with E-state index in [1.165, 1.54) is 23.8 Å². The van der Waals surface area contributed by atoms with E-state index in [0.717, 1.165) is 17.7 Å². The van der Waals surface area contributed by atoms with Crippen LogP contribution in [0.2, 0.25) is 0 Å². The van der Waals surface area contributed by atoms with Crippen LogP contribution in [-0.2, 0) is 6.18 Å². The summed E-state index contributed by atoms with van der Waals surface area (Å²) < 4.78 is 39.9. The summed E-state index contributed by atoms with van der Waals surface area (Å²) >= 11 is 0. The van der Waals surface area contributed by atoms with Crippen molar-refractivity contribution in [3.63, 3.8) is 0 Å². The minimum atomic E-state index is -4.61. The Morgan fingerprint density at radius 3 is 2.49 bits per heavy atom. The van der Waals surface area contributed by atoms with E-state index in [-0.39, 0.29) is 23.3 Å². The second-order valence-corrected chi connectivity index (χ2v) is 7.67. The number of allylic oxidation sites excluding steroid dienone is 3. The van der Waals surface area contributed by atoms with Gasteiger partial charge in [-0.3, -0.25) is 10.1 Å². The van der Waals surface area contributed by atoms with Crippen molar-refractivity contribution in [2.45, 2.75) is 53.1 Å². The highest BCUT2D eigenvalue weighted by Crippen LogP contribution is 2.29. The van der Waals surface area contributed by atoms with E-state index in [1.807, 2.05) is 32.9 Å². The number of nitrogen functional groups attached to an aromatic ring is 1. The zero-order valence-electron chi connectivity index (χ0n) is 22.4. The number of carbonyl (C=O) groups excluding carboxylic acids is 2. The second kappa shape index (κ2) is 14.9. The van der Waals surface area contributed by atoms with Crippen LogP contribution >= 0.6 is 0 Å². The third-order valence-electron chi connectivity index (χ3n) is 5.13. The predicted molar refractivity (Wildman–Crippen MR) is 146 cm³/mol. The minimum Gasteiger partial charge on any atom is -0.382 e. The first-order chi connectivity index (χ1) is 18.5. The molecule has 3 heterocycles. The fourth-order valence-electron chi connectivity index (χ4n) is 3.39. The number of carbonyl (C=O) groups is 2. The third kappa shape index (κ3) is 8.70. The Morgan fingerprint density at radius 1 is 1.23 bits per heavy atom. The van der Waals surface area contributed by atoms with Gasteiger partial charge in [-0.2, -0.15) is 18.3 Å². The SMILES string of the molecule is C#C.C/C=C(\C/C=C\C(C)c1cc(C(C)=O)n2ncnc(N)c12)NC(=O)Nc1cccc(C(F)(F)F)n1.CC. The Labute approximate surface area is 225 Å². The topological polar surface area (TPSA) is 127 Å². The van der Waals surface area contributed by atoms with Crippen molar-refractivity contribution in [2.75, 3.05) is 11.1 Å². The van der Waals surface area contributed by atoms with Gasteiger partial charge in [-0.05, 0) is 30.7 Å². The summed E-state index contributed by atoms with van der Waals surface area (Å²) in [5.41, 5.74) is 7.15. The lowest BCUT2D eigenvalue weighted by atomic mass is 10.0. The maximum absolute atomic E-state index is 12.8. The average molecular weight is 544 g/mol. The van der Waals surface area contributed by atoms with E-state index < -0.39 is 17.9 Å². The molecule has 3 aromatic rings. The van der Waals surface area contributed by atoms with Crippen LogP contribution in [0.25, 0.3) is 5.52 Å². The van der Waals surface area contributed by atoms with Gasteiger partial charge in [0, 0.05) is 25.0 Å². The maximum atomic E-state index is 12.8. The number of anilines is 2. The number of nitrogens with two attached hydrogens (primary N) is 1. The van der Waals surface area contributed by atoms with Crippen LogP contribution in [0.5, 0.6) is 0 Å². The molecular formula is C27H32F3N7O2. The number of ketones is 1. The van der Waals surface area contributed by atoms with Crippen LogP contribution in [0.3, 0.4) is 0 Å². The van der Waals surface area contributed by atoms with Crippen LogP contribution < -0.4 is 16.4 Å². The summed E-state index contributed by atoms with van der Waals surface area (Å²) in [6.07, 6.45) is 10.4. The fraction of sp³-hybridized carbons (Fsp3) is 0.296. The van der Waals surface area contributed by atoms with Crippen LogP contribution in [0, 0.1) is 12.8 Å². The molecule has 1 unspecified atom stereocenters. The monoisotopic (exact) mass is 543 g/mol. The van der Waals surface area contributed by atoms with Gasteiger partial charge in [-0.1, -0.05) is 45.1 Å². The molecule has 0 aliphatic carbocycles. The number of halogens is 3. The van der Waals surface area contributed by atoms with E-state index in [0.29, 0.717) is 23.3 Å². The van der Waals surface area contributed by atoms with Crippen LogP contribution in [0.4, 0.5) is 29.6 Å². The van der Waals surface area contributed by atoms with Crippen molar-refractivity contribution in [1.82, 2.24) is 24.9 Å². The molecule has 208 valence electrons. The molecule has 0 aromatic carbocycles. The lowest BCUT2D eigenvalue weighted by Crippen LogP contribution is -2.28. The summed E-state index contributed by atoms with van der Waals surface area (Å²) in [5.74, 6) is -0.299. The minimum absolute atomic E-state index is 0.160. The van der Waals surface area contributed by atoms with Gasteiger partial charge in [0.2, 0.25) is 0 Å². The quantitative estimate of drug-likeness (QED) is 0.191. The molecule has 39 heavy (non-hydrogen) atoms. The molecule has 0 aliphatic rings. The second-order valence-electron chi connectivity index (χ2n) is 7.67. The predicted octanol–water partition coefficient (Wildman–Crippen LogP) is 5.98. The molecular weight excluding hydrogens is 511 g/mol. The van der Waals surface area contributed by atoms with Crippen molar-refractivity contribution >= 4 is 29.0 Å². The lowest BCUT2D eigenvalue weighted by Gasteiger charge is -2.11. The number of amides is 2. The zero-order valence-corrected chi connectivity index (χ0v) is 22.4. The van der Waals surface area contributed by atoms with Gasteiger partial charge >= 0.3 is 12.2 Å². The van der Waals surface area contributed by atoms with Crippen LogP contribution in [-0.4, -0.2) is 31.4 Å². The molecule has 4 N–H and O–H groups in total. The number of pyridine rings is 1. The molecule has 0 saturated carbocycles. The van der Waals surface area contributed by atoms with Gasteiger partial charge in [-0.15, -0.1) is 12.8 Å². The van der Waals surface area contributed by atoms with E-state index in [4.69, 9.17) is 5.73 Å². The standard InChI is InChI=1S/C23H24F3N7O2.C2H6.C2H2/c1-4-15(30-22(35)32-19-10-6-9-18(31-19)23(24,25)26)8-5-7-13(2)16-11-17(14(3)34)33-20(16)21(27)28-12-29-33;2*1-2/h4-7,9-13H,8H2,1-3H3,(H2,27,28,29)(H2,30,31,32,35);1-2H3;1-2H/b7-5-,15-4+;;. The fourth-order valence-corrected chi connectivity index (χ4v) is 3.39. The normalized spacial score (nSPS) is 12.1. The maximum Gasteiger partial charge on any atom is 0.433 e. The molecule has 1 atom stereocenters. The Bertz CT molecular complexity index is 1360. The number of nitrogens with zero attached hydrogens (tertiary/aromatic N) is 4. The molecule has 0 spiro atoms. The summed E-state index contributed by atoms with van der Waals surface area (Å²) in [4.78, 5) is 31.7. The van der Waals surface area contributed by atoms with Crippen molar-refractivity contribution in [3.8, 4) is 12.8 Å². The first kappa shape index (κ1) is 32.4. The highest BCUT2D eigenvalue weighted by Gasteiger charge is 2.32. The Kier molecular flexibility index (Phi) is 12.4. The van der Waals surface area contributed by atoms with E-state index in [9.17, 15) is 22.8 Å². The number of hydrogen-bond acceptors (Lipinski definition) is 6. The van der Waals surface area contributed by atoms with Crippen LogP contribution in [0.15, 0.2) is 54.5 Å². The number of hydrogen-bond donors (Lipinski definition) is 3. The first-order valence-electron chi connectivity index (χ1n) is 11.9. The smallest absolute Gasteiger partial charge is 0.382 e. The molecule has 9 nitrogen and oxygen atoms in total. The highest BCUT2D eigenvalue weighted by molar-refractivity contribution is 5.95. The molecule has 0 fully saturated rings. The van der Waals surface area contributed by atoms with Crippen molar-refractivity contribution < 1.29 is 22.8 Å². The molecule has 12 heteroatoms. The summed E-state index contributed by atoms with van der Waals surface area (Å²) in [6, 6.07) is 4.24.